The van der Waals surface area contributed by atoms with Crippen molar-refractivity contribution in [3.8, 4) is 0 Å². The van der Waals surface area contributed by atoms with E-state index in [1.807, 2.05) is 0 Å². The van der Waals surface area contributed by atoms with E-state index in [-0.39, 0.29) is 36.9 Å². The number of amides is 1. The van der Waals surface area contributed by atoms with E-state index in [4.69, 9.17) is 4.74 Å². The summed E-state index contributed by atoms with van der Waals surface area (Å²) in [7, 11) is 0. The largest absolute Gasteiger partial charge is 0.462 e. The molecule has 4 fully saturated rings. The van der Waals surface area contributed by atoms with Crippen molar-refractivity contribution in [2.45, 2.75) is 88.8 Å². The molecule has 9 atom stereocenters. The molecule has 0 radical (unpaired) electrons. The summed E-state index contributed by atoms with van der Waals surface area (Å²) in [6.45, 7) is 5.84. The molecule has 5 nitrogen and oxygen atoms in total. The third-order valence-electron chi connectivity index (χ3n) is 10.5. The predicted molar refractivity (Wildman–Crippen MR) is 153 cm³/mol. The fourth-order valence-electron chi connectivity index (χ4n) is 9.09. The molecule has 4 aliphatic carbocycles. The second kappa shape index (κ2) is 11.4. The van der Waals surface area contributed by atoms with Gasteiger partial charge in [-0.05, 0) is 74.5 Å². The van der Waals surface area contributed by atoms with E-state index in [0.29, 0.717) is 48.1 Å². The molecule has 1 N–H and O–H groups in total. The van der Waals surface area contributed by atoms with Crippen LogP contribution < -0.4 is 5.32 Å². The van der Waals surface area contributed by atoms with Gasteiger partial charge in [-0.3, -0.25) is 9.59 Å². The number of benzene rings is 2. The first-order valence-corrected chi connectivity index (χ1v) is 15.4. The van der Waals surface area contributed by atoms with Crippen molar-refractivity contribution in [2.75, 3.05) is 13.1 Å². The fraction of sp³-hybridized carbons (Fsp3) is 0.588. The first kappa shape index (κ1) is 26.6. The van der Waals surface area contributed by atoms with Gasteiger partial charge in [0.15, 0.2) is 0 Å². The van der Waals surface area contributed by atoms with Crippen molar-refractivity contribution >= 4 is 11.9 Å². The highest BCUT2D eigenvalue weighted by Crippen LogP contribution is 2.55. The van der Waals surface area contributed by atoms with Crippen LogP contribution in [0.3, 0.4) is 0 Å². The molecule has 208 valence electrons. The first-order chi connectivity index (χ1) is 19.1. The molecule has 2 aromatic rings. The number of hydrogen-bond donors (Lipinski definition) is 1. The summed E-state index contributed by atoms with van der Waals surface area (Å²) in [4.78, 5) is 28.7. The number of esters is 1. The van der Waals surface area contributed by atoms with Crippen LogP contribution in [0.5, 0.6) is 0 Å². The van der Waals surface area contributed by atoms with Gasteiger partial charge in [-0.15, -0.1) is 0 Å². The van der Waals surface area contributed by atoms with Crippen LogP contribution in [0.15, 0.2) is 60.7 Å². The third kappa shape index (κ3) is 5.03. The van der Waals surface area contributed by atoms with Crippen LogP contribution in [-0.4, -0.2) is 48.1 Å². The standard InChI is InChI=1S/C34H44N2O3/c1-3-35-33-27-20-26(31(33)22-11-7-5-8-12-22)21-28(27)39-30(38)18-17-29(37)36(4-2)34-25-16-15-24(19-25)32(34)23-13-9-6-10-14-23/h5-14,24-28,31-35H,3-4,15-21H2,1-2H3. The molecule has 9 unspecified atom stereocenters. The van der Waals surface area contributed by atoms with Gasteiger partial charge < -0.3 is 15.0 Å². The maximum atomic E-state index is 13.5. The Kier molecular flexibility index (Phi) is 7.79. The number of carbonyl (C=O) groups is 2. The van der Waals surface area contributed by atoms with Crippen LogP contribution in [0.2, 0.25) is 0 Å². The van der Waals surface area contributed by atoms with Crippen molar-refractivity contribution in [1.29, 1.82) is 0 Å². The minimum absolute atomic E-state index is 0.0445. The van der Waals surface area contributed by atoms with E-state index in [9.17, 15) is 9.59 Å². The summed E-state index contributed by atoms with van der Waals surface area (Å²) in [6, 6.07) is 22.1. The Bertz CT molecular complexity index is 1140. The van der Waals surface area contributed by atoms with E-state index in [0.717, 1.165) is 19.4 Å². The molecule has 2 aromatic carbocycles. The quantitative estimate of drug-likeness (QED) is 0.390. The maximum absolute atomic E-state index is 13.5. The van der Waals surface area contributed by atoms with Gasteiger partial charge in [0.2, 0.25) is 5.91 Å². The monoisotopic (exact) mass is 528 g/mol. The lowest BCUT2D eigenvalue weighted by atomic mass is 9.78. The molecular weight excluding hydrogens is 484 g/mol. The Labute approximate surface area is 233 Å². The summed E-state index contributed by atoms with van der Waals surface area (Å²) < 4.78 is 6.09. The Hall–Kier alpha value is -2.66. The molecule has 4 saturated carbocycles. The second-order valence-electron chi connectivity index (χ2n) is 12.4. The van der Waals surface area contributed by atoms with Crippen LogP contribution >= 0.6 is 0 Å². The molecule has 0 saturated heterocycles. The zero-order chi connectivity index (χ0) is 26.9. The van der Waals surface area contributed by atoms with E-state index >= 15 is 0 Å². The Balaban J connectivity index is 1.06. The summed E-state index contributed by atoms with van der Waals surface area (Å²) in [5.41, 5.74) is 2.75. The van der Waals surface area contributed by atoms with Crippen LogP contribution in [-0.2, 0) is 14.3 Å². The molecule has 0 spiro atoms. The number of likely N-dealkylation sites (N-methyl/N-ethyl adjacent to an activating group) is 2. The van der Waals surface area contributed by atoms with E-state index in [2.05, 4.69) is 84.7 Å². The molecule has 0 heterocycles. The molecule has 6 rings (SSSR count). The highest BCUT2D eigenvalue weighted by molar-refractivity contribution is 5.82. The van der Waals surface area contributed by atoms with Crippen molar-refractivity contribution in [1.82, 2.24) is 10.2 Å². The summed E-state index contributed by atoms with van der Waals surface area (Å²) in [5.74, 6) is 2.89. The number of nitrogens with zero attached hydrogens (tertiary/aromatic N) is 1. The number of carbonyl (C=O) groups excluding carboxylic acids is 2. The normalized spacial score (nSPS) is 34.4. The van der Waals surface area contributed by atoms with E-state index in [1.54, 1.807) is 0 Å². The lowest BCUT2D eigenvalue weighted by molar-refractivity contribution is -0.154. The van der Waals surface area contributed by atoms with Crippen LogP contribution in [0.4, 0.5) is 0 Å². The smallest absolute Gasteiger partial charge is 0.306 e. The molecule has 5 heteroatoms. The van der Waals surface area contributed by atoms with Crippen molar-refractivity contribution in [2.24, 2.45) is 23.7 Å². The average Bonchev–Trinajstić information content (AvgIpc) is 3.75. The topological polar surface area (TPSA) is 58.6 Å². The maximum Gasteiger partial charge on any atom is 0.306 e. The van der Waals surface area contributed by atoms with Gasteiger partial charge >= 0.3 is 5.97 Å². The zero-order valence-electron chi connectivity index (χ0n) is 23.5. The molecule has 1 amide bonds. The molecular formula is C34H44N2O3. The zero-order valence-corrected chi connectivity index (χ0v) is 23.5. The highest BCUT2D eigenvalue weighted by atomic mass is 16.5. The van der Waals surface area contributed by atoms with Crippen molar-refractivity contribution < 1.29 is 14.3 Å². The molecule has 39 heavy (non-hydrogen) atoms. The third-order valence-corrected chi connectivity index (χ3v) is 10.5. The van der Waals surface area contributed by atoms with Gasteiger partial charge in [0.25, 0.3) is 0 Å². The SMILES string of the molecule is CCNC1C2CC(CC2OC(=O)CCC(=O)N(CC)C2C3CCC(C3)C2c2ccccc2)C1c1ccccc1. The van der Waals surface area contributed by atoms with Gasteiger partial charge in [-0.2, -0.15) is 0 Å². The summed E-state index contributed by atoms with van der Waals surface area (Å²) in [5, 5.41) is 3.71. The number of hydrogen-bond acceptors (Lipinski definition) is 4. The van der Waals surface area contributed by atoms with Crippen LogP contribution in [0.25, 0.3) is 0 Å². The van der Waals surface area contributed by atoms with Gasteiger partial charge in [0.1, 0.15) is 6.10 Å². The average molecular weight is 529 g/mol. The lowest BCUT2D eigenvalue weighted by Crippen LogP contribution is -2.47. The summed E-state index contributed by atoms with van der Waals surface area (Å²) >= 11 is 0. The van der Waals surface area contributed by atoms with Gasteiger partial charge in [0, 0.05) is 42.8 Å². The number of nitrogens with one attached hydrogen (secondary N) is 1. The van der Waals surface area contributed by atoms with Crippen molar-refractivity contribution in [3.05, 3.63) is 71.8 Å². The molecule has 0 aliphatic heterocycles. The second-order valence-corrected chi connectivity index (χ2v) is 12.4. The van der Waals surface area contributed by atoms with Crippen LogP contribution in [0, 0.1) is 23.7 Å². The minimum Gasteiger partial charge on any atom is -0.462 e. The number of fused-ring (bicyclic) bond motifs is 4. The highest BCUT2D eigenvalue weighted by Gasteiger charge is 2.54. The number of ether oxygens (including phenoxy) is 1. The number of rotatable bonds is 10. The molecule has 4 bridgehead atoms. The summed E-state index contributed by atoms with van der Waals surface area (Å²) in [6.07, 6.45) is 6.10. The van der Waals surface area contributed by atoms with Crippen molar-refractivity contribution in [3.63, 3.8) is 0 Å². The molecule has 0 aromatic heterocycles. The first-order valence-electron chi connectivity index (χ1n) is 15.4. The minimum atomic E-state index is -0.212. The van der Waals surface area contributed by atoms with Gasteiger partial charge in [-0.25, -0.2) is 0 Å². The lowest BCUT2D eigenvalue weighted by Gasteiger charge is -2.40. The van der Waals surface area contributed by atoms with E-state index < -0.39 is 0 Å². The van der Waals surface area contributed by atoms with Crippen LogP contribution in [0.1, 0.15) is 81.8 Å². The Morgan fingerprint density at radius 2 is 1.49 bits per heavy atom. The van der Waals surface area contributed by atoms with Gasteiger partial charge in [0.05, 0.1) is 6.42 Å². The Morgan fingerprint density at radius 3 is 2.15 bits per heavy atom. The van der Waals surface area contributed by atoms with Gasteiger partial charge in [-0.1, -0.05) is 67.6 Å². The predicted octanol–water partition coefficient (Wildman–Crippen LogP) is 5.91. The van der Waals surface area contributed by atoms with E-state index in [1.165, 1.54) is 30.4 Å². The molecule has 4 aliphatic rings. The fourth-order valence-corrected chi connectivity index (χ4v) is 9.09. The Morgan fingerprint density at radius 1 is 0.821 bits per heavy atom.